The van der Waals surface area contributed by atoms with Crippen molar-refractivity contribution in [1.29, 1.82) is 0 Å². The summed E-state index contributed by atoms with van der Waals surface area (Å²) in [6.45, 7) is 0.774. The lowest BCUT2D eigenvalue weighted by atomic mass is 10.0. The summed E-state index contributed by atoms with van der Waals surface area (Å²) < 4.78 is 15.4. The number of halogens is 1. The van der Waals surface area contributed by atoms with Crippen molar-refractivity contribution in [2.45, 2.75) is 12.6 Å². The molecule has 3 aromatic rings. The van der Waals surface area contributed by atoms with Crippen LogP contribution in [0.25, 0.3) is 11.4 Å². The molecule has 28 heavy (non-hydrogen) atoms. The van der Waals surface area contributed by atoms with E-state index in [1.54, 1.807) is 29.1 Å². The van der Waals surface area contributed by atoms with Crippen LogP contribution in [0.2, 0.25) is 0 Å². The molecule has 1 aliphatic rings. The number of imidazole rings is 1. The van der Waals surface area contributed by atoms with E-state index < -0.39 is 11.9 Å². The number of carbonyl (C=O) groups excluding carboxylic acids is 2. The van der Waals surface area contributed by atoms with Gasteiger partial charge in [0.05, 0.1) is 0 Å². The van der Waals surface area contributed by atoms with E-state index >= 15 is 0 Å². The van der Waals surface area contributed by atoms with Crippen molar-refractivity contribution >= 4 is 11.8 Å². The molecule has 4 rings (SSSR count). The maximum Gasteiger partial charge on any atom is 0.247 e. The predicted molar refractivity (Wildman–Crippen MR) is 102 cm³/mol. The van der Waals surface area contributed by atoms with E-state index in [0.29, 0.717) is 24.5 Å². The SMILES string of the molecule is O=C1NCCN(C(=O)Cn2ccnc2-c2ccccc2)[C@@H]1c1cccc(F)c1. The van der Waals surface area contributed by atoms with E-state index in [0.717, 1.165) is 5.56 Å². The first-order chi connectivity index (χ1) is 13.6. The number of hydrogen-bond acceptors (Lipinski definition) is 3. The molecule has 0 spiro atoms. The molecule has 0 unspecified atom stereocenters. The van der Waals surface area contributed by atoms with Crippen molar-refractivity contribution in [2.24, 2.45) is 0 Å². The molecular weight excluding hydrogens is 359 g/mol. The molecule has 0 aliphatic carbocycles. The van der Waals surface area contributed by atoms with Gasteiger partial charge < -0.3 is 14.8 Å². The molecule has 0 radical (unpaired) electrons. The van der Waals surface area contributed by atoms with Gasteiger partial charge in [0.25, 0.3) is 0 Å². The van der Waals surface area contributed by atoms with Gasteiger partial charge in [0, 0.05) is 31.0 Å². The monoisotopic (exact) mass is 378 g/mol. The highest BCUT2D eigenvalue weighted by Crippen LogP contribution is 2.25. The normalized spacial score (nSPS) is 16.7. The van der Waals surface area contributed by atoms with Gasteiger partial charge in [-0.05, 0) is 17.7 Å². The second-order valence-corrected chi connectivity index (χ2v) is 6.58. The lowest BCUT2D eigenvalue weighted by Gasteiger charge is -2.35. The summed E-state index contributed by atoms with van der Waals surface area (Å²) in [5.74, 6) is -0.291. The summed E-state index contributed by atoms with van der Waals surface area (Å²) in [5, 5.41) is 2.76. The molecule has 1 fully saturated rings. The Balaban J connectivity index is 1.60. The third-order valence-electron chi connectivity index (χ3n) is 4.75. The lowest BCUT2D eigenvalue weighted by Crippen LogP contribution is -2.52. The fourth-order valence-electron chi connectivity index (χ4n) is 3.46. The molecule has 2 aromatic carbocycles. The smallest absolute Gasteiger partial charge is 0.247 e. The highest BCUT2D eigenvalue weighted by atomic mass is 19.1. The number of piperazine rings is 1. The Kier molecular flexibility index (Phi) is 4.89. The van der Waals surface area contributed by atoms with Crippen LogP contribution in [-0.2, 0) is 16.1 Å². The van der Waals surface area contributed by atoms with E-state index in [1.165, 1.54) is 17.0 Å². The third kappa shape index (κ3) is 3.51. The topological polar surface area (TPSA) is 67.2 Å². The van der Waals surface area contributed by atoms with Gasteiger partial charge in [0.1, 0.15) is 24.2 Å². The number of benzene rings is 2. The molecule has 142 valence electrons. The zero-order valence-electron chi connectivity index (χ0n) is 15.1. The van der Waals surface area contributed by atoms with Gasteiger partial charge in [-0.15, -0.1) is 0 Å². The first kappa shape index (κ1) is 17.9. The summed E-state index contributed by atoms with van der Waals surface area (Å²) >= 11 is 0. The Morgan fingerprint density at radius 3 is 2.79 bits per heavy atom. The van der Waals surface area contributed by atoms with Gasteiger partial charge >= 0.3 is 0 Å². The summed E-state index contributed by atoms with van der Waals surface area (Å²) in [5.41, 5.74) is 1.36. The van der Waals surface area contributed by atoms with E-state index in [4.69, 9.17) is 0 Å². The molecule has 1 saturated heterocycles. The zero-order valence-corrected chi connectivity index (χ0v) is 15.1. The first-order valence-electron chi connectivity index (χ1n) is 9.02. The minimum Gasteiger partial charge on any atom is -0.352 e. The van der Waals surface area contributed by atoms with Crippen LogP contribution in [-0.4, -0.2) is 39.4 Å². The summed E-state index contributed by atoms with van der Waals surface area (Å²) in [7, 11) is 0. The number of carbonyl (C=O) groups is 2. The van der Waals surface area contributed by atoms with Gasteiger partial charge in [-0.1, -0.05) is 42.5 Å². The van der Waals surface area contributed by atoms with E-state index in [9.17, 15) is 14.0 Å². The van der Waals surface area contributed by atoms with Gasteiger partial charge in [-0.25, -0.2) is 9.37 Å². The van der Waals surface area contributed by atoms with Crippen LogP contribution >= 0.6 is 0 Å². The number of rotatable bonds is 4. The van der Waals surface area contributed by atoms with Crippen LogP contribution in [0.4, 0.5) is 4.39 Å². The molecule has 0 saturated carbocycles. The molecular formula is C21H19FN4O2. The Labute approximate surface area is 161 Å². The quantitative estimate of drug-likeness (QED) is 0.758. The molecule has 1 N–H and O–H groups in total. The second-order valence-electron chi connectivity index (χ2n) is 6.58. The van der Waals surface area contributed by atoms with Gasteiger partial charge in [0.15, 0.2) is 0 Å². The fourth-order valence-corrected chi connectivity index (χ4v) is 3.46. The van der Waals surface area contributed by atoms with Gasteiger partial charge in [0.2, 0.25) is 11.8 Å². The van der Waals surface area contributed by atoms with Gasteiger partial charge in [-0.2, -0.15) is 0 Å². The van der Waals surface area contributed by atoms with Crippen LogP contribution in [0, 0.1) is 5.82 Å². The minimum absolute atomic E-state index is 0.0450. The minimum atomic E-state index is -0.847. The number of nitrogens with one attached hydrogen (secondary N) is 1. The summed E-state index contributed by atoms with van der Waals surface area (Å²) in [6.07, 6.45) is 3.38. The number of nitrogens with zero attached hydrogens (tertiary/aromatic N) is 3. The Hall–Kier alpha value is -3.48. The lowest BCUT2D eigenvalue weighted by molar-refractivity contribution is -0.144. The Morgan fingerprint density at radius 2 is 2.00 bits per heavy atom. The van der Waals surface area contributed by atoms with Crippen LogP contribution in [0.3, 0.4) is 0 Å². The summed E-state index contributed by atoms with van der Waals surface area (Å²) in [6, 6.07) is 14.5. The van der Waals surface area contributed by atoms with Crippen LogP contribution in [0.15, 0.2) is 67.0 Å². The Morgan fingerprint density at radius 1 is 1.18 bits per heavy atom. The van der Waals surface area contributed by atoms with E-state index in [1.807, 2.05) is 30.3 Å². The molecule has 1 aliphatic heterocycles. The first-order valence-corrected chi connectivity index (χ1v) is 9.02. The van der Waals surface area contributed by atoms with Crippen molar-refractivity contribution < 1.29 is 14.0 Å². The third-order valence-corrected chi connectivity index (χ3v) is 4.75. The average molecular weight is 378 g/mol. The van der Waals surface area contributed by atoms with E-state index in [2.05, 4.69) is 10.3 Å². The van der Waals surface area contributed by atoms with Gasteiger partial charge in [-0.3, -0.25) is 9.59 Å². The predicted octanol–water partition coefficient (Wildman–Crippen LogP) is 2.39. The van der Waals surface area contributed by atoms with Crippen LogP contribution < -0.4 is 5.32 Å². The number of aromatic nitrogens is 2. The highest BCUT2D eigenvalue weighted by Gasteiger charge is 2.34. The number of amides is 2. The van der Waals surface area contributed by atoms with Crippen molar-refractivity contribution in [1.82, 2.24) is 19.8 Å². The molecule has 6 nitrogen and oxygen atoms in total. The maximum atomic E-state index is 13.7. The standard InChI is InChI=1S/C21H19FN4O2/c22-17-8-4-7-16(13-17)19-21(28)24-10-12-26(19)18(27)14-25-11-9-23-20(25)15-5-2-1-3-6-15/h1-9,11,13,19H,10,12,14H2,(H,24,28)/t19-/m1/s1. The maximum absolute atomic E-state index is 13.7. The zero-order chi connectivity index (χ0) is 19.5. The van der Waals surface area contributed by atoms with Crippen molar-refractivity contribution in [3.8, 4) is 11.4 Å². The second kappa shape index (κ2) is 7.64. The molecule has 0 bridgehead atoms. The molecule has 2 amide bonds. The van der Waals surface area contributed by atoms with Crippen LogP contribution in [0.5, 0.6) is 0 Å². The van der Waals surface area contributed by atoms with Crippen LogP contribution in [0.1, 0.15) is 11.6 Å². The molecule has 2 heterocycles. The molecule has 7 heteroatoms. The average Bonchev–Trinajstić information content (AvgIpc) is 3.16. The van der Waals surface area contributed by atoms with E-state index in [-0.39, 0.29) is 18.4 Å². The van der Waals surface area contributed by atoms with Crippen molar-refractivity contribution in [2.75, 3.05) is 13.1 Å². The fraction of sp³-hybridized carbons (Fsp3) is 0.190. The Bertz CT molecular complexity index is 1000. The highest BCUT2D eigenvalue weighted by molar-refractivity contribution is 5.90. The largest absolute Gasteiger partial charge is 0.352 e. The van der Waals surface area contributed by atoms with Crippen molar-refractivity contribution in [3.63, 3.8) is 0 Å². The molecule has 1 atom stereocenters. The van der Waals surface area contributed by atoms with Crippen molar-refractivity contribution in [3.05, 3.63) is 78.4 Å². The number of hydrogen-bond donors (Lipinski definition) is 1. The molecule has 1 aromatic heterocycles. The summed E-state index contributed by atoms with van der Waals surface area (Å²) in [4.78, 5) is 31.4.